The third kappa shape index (κ3) is 10.2. The molecule has 2 N–H and O–H groups in total. The van der Waals surface area contributed by atoms with E-state index in [0.717, 1.165) is 62.2 Å². The molecule has 0 heterocycles. The van der Waals surface area contributed by atoms with E-state index in [0.29, 0.717) is 6.54 Å². The van der Waals surface area contributed by atoms with Gasteiger partial charge in [-0.05, 0) is 55.2 Å². The normalized spacial score (nSPS) is 10.8. The van der Waals surface area contributed by atoms with E-state index in [4.69, 9.17) is 19.2 Å². The maximum absolute atomic E-state index is 5.40. The number of ether oxygens (including phenoxy) is 3. The van der Waals surface area contributed by atoms with Gasteiger partial charge in [0.1, 0.15) is 11.5 Å². The van der Waals surface area contributed by atoms with Crippen LogP contribution in [-0.4, -0.2) is 46.5 Å². The van der Waals surface area contributed by atoms with Crippen LogP contribution in [0.4, 0.5) is 0 Å². The summed E-state index contributed by atoms with van der Waals surface area (Å²) in [5.41, 5.74) is 2.39. The minimum atomic E-state index is 0. The molecule has 0 bridgehead atoms. The van der Waals surface area contributed by atoms with Crippen LogP contribution in [0.5, 0.6) is 11.5 Å². The molecule has 30 heavy (non-hydrogen) atoms. The first-order valence-corrected chi connectivity index (χ1v) is 10.1. The Kier molecular flexibility index (Phi) is 13.7. The standard InChI is InChI=1S/C23H33N3O3.HI/c1-4-29-17-5-15-24-23(26-18-20-8-12-22(28-3)13-9-20)25-16-14-19-6-10-21(27-2)11-7-19;/h6-13H,4-5,14-18H2,1-3H3,(H2,24,25,26);1H. The van der Waals surface area contributed by atoms with Crippen LogP contribution in [0, 0.1) is 0 Å². The molecule has 2 aromatic rings. The van der Waals surface area contributed by atoms with Crippen LogP contribution in [0.1, 0.15) is 24.5 Å². The summed E-state index contributed by atoms with van der Waals surface area (Å²) in [6.45, 7) is 5.73. The van der Waals surface area contributed by atoms with Crippen LogP contribution in [0.15, 0.2) is 53.5 Å². The van der Waals surface area contributed by atoms with Crippen molar-refractivity contribution in [1.82, 2.24) is 10.6 Å². The summed E-state index contributed by atoms with van der Waals surface area (Å²) < 4.78 is 15.8. The molecule has 6 nitrogen and oxygen atoms in total. The molecule has 0 radical (unpaired) electrons. The minimum absolute atomic E-state index is 0. The van der Waals surface area contributed by atoms with Gasteiger partial charge in [0.2, 0.25) is 0 Å². The molecular formula is C23H34IN3O3. The van der Waals surface area contributed by atoms with Crippen molar-refractivity contribution in [2.24, 2.45) is 4.99 Å². The Balaban J connectivity index is 0.00000450. The number of aliphatic imine (C=N–C) groups is 1. The molecule has 0 unspecified atom stereocenters. The van der Waals surface area contributed by atoms with Crippen LogP contribution in [0.25, 0.3) is 0 Å². The number of methoxy groups -OCH3 is 2. The van der Waals surface area contributed by atoms with Crippen molar-refractivity contribution in [3.63, 3.8) is 0 Å². The Labute approximate surface area is 197 Å². The van der Waals surface area contributed by atoms with Crippen molar-refractivity contribution in [2.75, 3.05) is 40.5 Å². The zero-order chi connectivity index (χ0) is 20.7. The van der Waals surface area contributed by atoms with Crippen LogP contribution in [-0.2, 0) is 17.7 Å². The number of halogens is 1. The Morgan fingerprint density at radius 1 is 0.833 bits per heavy atom. The number of benzene rings is 2. The second kappa shape index (κ2) is 15.8. The number of guanidine groups is 1. The topological polar surface area (TPSA) is 64.1 Å². The molecule has 7 heteroatoms. The molecule has 0 aliphatic heterocycles. The summed E-state index contributed by atoms with van der Waals surface area (Å²) in [5.74, 6) is 2.54. The van der Waals surface area contributed by atoms with E-state index in [1.807, 2.05) is 43.3 Å². The molecule has 0 aliphatic rings. The van der Waals surface area contributed by atoms with Gasteiger partial charge in [0.25, 0.3) is 0 Å². The van der Waals surface area contributed by atoms with Crippen molar-refractivity contribution in [1.29, 1.82) is 0 Å². The lowest BCUT2D eigenvalue weighted by Crippen LogP contribution is -2.39. The van der Waals surface area contributed by atoms with Crippen LogP contribution in [0.3, 0.4) is 0 Å². The van der Waals surface area contributed by atoms with Crippen molar-refractivity contribution in [3.05, 3.63) is 59.7 Å². The van der Waals surface area contributed by atoms with Gasteiger partial charge in [-0.1, -0.05) is 24.3 Å². The second-order valence-corrected chi connectivity index (χ2v) is 6.52. The summed E-state index contributed by atoms with van der Waals surface area (Å²) in [6, 6.07) is 16.1. The molecule has 2 rings (SSSR count). The number of rotatable bonds is 12. The molecular weight excluding hydrogens is 493 g/mol. The zero-order valence-corrected chi connectivity index (χ0v) is 20.5. The Hall–Kier alpha value is -2.00. The van der Waals surface area contributed by atoms with Crippen molar-refractivity contribution in [3.8, 4) is 11.5 Å². The molecule has 0 aliphatic carbocycles. The van der Waals surface area contributed by atoms with Crippen LogP contribution < -0.4 is 20.1 Å². The first kappa shape index (κ1) is 26.0. The zero-order valence-electron chi connectivity index (χ0n) is 18.1. The highest BCUT2D eigenvalue weighted by atomic mass is 127. The summed E-state index contributed by atoms with van der Waals surface area (Å²) in [4.78, 5) is 4.72. The molecule has 0 spiro atoms. The van der Waals surface area contributed by atoms with E-state index in [2.05, 4.69) is 22.8 Å². The van der Waals surface area contributed by atoms with Gasteiger partial charge in [-0.15, -0.1) is 24.0 Å². The highest BCUT2D eigenvalue weighted by Gasteiger charge is 2.01. The lowest BCUT2D eigenvalue weighted by Gasteiger charge is -2.13. The Morgan fingerprint density at radius 2 is 1.40 bits per heavy atom. The van der Waals surface area contributed by atoms with Crippen molar-refractivity contribution < 1.29 is 14.2 Å². The molecule has 166 valence electrons. The predicted octanol–water partition coefficient (Wildman–Crippen LogP) is 4.03. The average molecular weight is 527 g/mol. The van der Waals surface area contributed by atoms with Crippen LogP contribution >= 0.6 is 24.0 Å². The largest absolute Gasteiger partial charge is 0.497 e. The molecule has 2 aromatic carbocycles. The fourth-order valence-corrected chi connectivity index (χ4v) is 2.72. The highest BCUT2D eigenvalue weighted by Crippen LogP contribution is 2.12. The van der Waals surface area contributed by atoms with Gasteiger partial charge in [-0.2, -0.15) is 0 Å². The Morgan fingerprint density at radius 3 is 1.97 bits per heavy atom. The molecule has 0 aromatic heterocycles. The smallest absolute Gasteiger partial charge is 0.191 e. The molecule has 0 amide bonds. The van der Waals surface area contributed by atoms with Crippen LogP contribution in [0.2, 0.25) is 0 Å². The average Bonchev–Trinajstić information content (AvgIpc) is 2.77. The SMILES string of the molecule is CCOCCCNC(=NCc1ccc(OC)cc1)NCCc1ccc(OC)cc1.I. The predicted molar refractivity (Wildman–Crippen MR) is 133 cm³/mol. The molecule has 0 fully saturated rings. The number of nitrogens with one attached hydrogen (secondary N) is 2. The monoisotopic (exact) mass is 527 g/mol. The third-order valence-corrected chi connectivity index (χ3v) is 4.41. The van der Waals surface area contributed by atoms with Crippen molar-refractivity contribution in [2.45, 2.75) is 26.3 Å². The fourth-order valence-electron chi connectivity index (χ4n) is 2.72. The number of nitrogens with zero attached hydrogens (tertiary/aromatic N) is 1. The third-order valence-electron chi connectivity index (χ3n) is 4.41. The maximum atomic E-state index is 5.40. The number of hydrogen-bond donors (Lipinski definition) is 2. The molecule has 0 saturated heterocycles. The summed E-state index contributed by atoms with van der Waals surface area (Å²) in [5, 5.41) is 6.81. The summed E-state index contributed by atoms with van der Waals surface area (Å²) >= 11 is 0. The van der Waals surface area contributed by atoms with E-state index < -0.39 is 0 Å². The van der Waals surface area contributed by atoms with Gasteiger partial charge in [0.05, 0.1) is 20.8 Å². The quantitative estimate of drug-likeness (QED) is 0.189. The fraction of sp³-hybridized carbons (Fsp3) is 0.435. The van der Waals surface area contributed by atoms with Gasteiger partial charge >= 0.3 is 0 Å². The molecule has 0 atom stereocenters. The first-order valence-electron chi connectivity index (χ1n) is 10.1. The lowest BCUT2D eigenvalue weighted by molar-refractivity contribution is 0.145. The van der Waals surface area contributed by atoms with E-state index >= 15 is 0 Å². The van der Waals surface area contributed by atoms with E-state index in [1.165, 1.54) is 5.56 Å². The van der Waals surface area contributed by atoms with Gasteiger partial charge in [-0.3, -0.25) is 0 Å². The maximum Gasteiger partial charge on any atom is 0.191 e. The van der Waals surface area contributed by atoms with Crippen molar-refractivity contribution >= 4 is 29.9 Å². The minimum Gasteiger partial charge on any atom is -0.497 e. The van der Waals surface area contributed by atoms with Gasteiger partial charge in [0, 0.05) is 26.3 Å². The summed E-state index contributed by atoms with van der Waals surface area (Å²) in [6.07, 6.45) is 1.85. The van der Waals surface area contributed by atoms with E-state index in [-0.39, 0.29) is 24.0 Å². The summed E-state index contributed by atoms with van der Waals surface area (Å²) in [7, 11) is 3.35. The lowest BCUT2D eigenvalue weighted by atomic mass is 10.1. The first-order chi connectivity index (χ1) is 14.2. The van der Waals surface area contributed by atoms with Gasteiger partial charge < -0.3 is 24.8 Å². The Bertz CT molecular complexity index is 721. The highest BCUT2D eigenvalue weighted by molar-refractivity contribution is 14.0. The van der Waals surface area contributed by atoms with E-state index in [1.54, 1.807) is 14.2 Å². The van der Waals surface area contributed by atoms with Gasteiger partial charge in [-0.25, -0.2) is 4.99 Å². The van der Waals surface area contributed by atoms with E-state index in [9.17, 15) is 0 Å². The number of hydrogen-bond acceptors (Lipinski definition) is 4. The van der Waals surface area contributed by atoms with Gasteiger partial charge in [0.15, 0.2) is 5.96 Å². The molecule has 0 saturated carbocycles. The second-order valence-electron chi connectivity index (χ2n) is 6.52.